The van der Waals surface area contributed by atoms with E-state index in [9.17, 15) is 9.59 Å². The van der Waals surface area contributed by atoms with Crippen LogP contribution in [0.4, 0.5) is 0 Å². The van der Waals surface area contributed by atoms with Crippen molar-refractivity contribution in [3.8, 4) is 0 Å². The van der Waals surface area contributed by atoms with Gasteiger partial charge in [-0.2, -0.15) is 0 Å². The molecule has 6 unspecified atom stereocenters. The molecular formula is C12H11NO2. The summed E-state index contributed by atoms with van der Waals surface area (Å²) in [5, 5.41) is 2.48. The molecule has 4 aliphatic carbocycles. The summed E-state index contributed by atoms with van der Waals surface area (Å²) < 4.78 is 0. The van der Waals surface area contributed by atoms with E-state index in [-0.39, 0.29) is 35.5 Å². The second-order valence-corrected chi connectivity index (χ2v) is 4.98. The summed E-state index contributed by atoms with van der Waals surface area (Å²) in [6, 6.07) is 0. The van der Waals surface area contributed by atoms with Crippen molar-refractivity contribution in [3.63, 3.8) is 0 Å². The monoisotopic (exact) mass is 201 g/mol. The van der Waals surface area contributed by atoms with E-state index < -0.39 is 0 Å². The van der Waals surface area contributed by atoms with Gasteiger partial charge in [-0.1, -0.05) is 24.3 Å². The Kier molecular flexibility index (Phi) is 1.17. The molecule has 0 spiro atoms. The maximum absolute atomic E-state index is 11.7. The fraction of sp³-hybridized carbons (Fsp3) is 0.500. The zero-order chi connectivity index (χ0) is 10.2. The third-order valence-corrected chi connectivity index (χ3v) is 4.51. The average molecular weight is 201 g/mol. The Morgan fingerprint density at radius 3 is 1.53 bits per heavy atom. The van der Waals surface area contributed by atoms with Crippen LogP contribution >= 0.6 is 0 Å². The van der Waals surface area contributed by atoms with Crippen LogP contribution in [0.2, 0.25) is 0 Å². The van der Waals surface area contributed by atoms with Gasteiger partial charge in [-0.3, -0.25) is 14.9 Å². The molecule has 2 bridgehead atoms. The molecule has 1 N–H and O–H groups in total. The summed E-state index contributed by atoms with van der Waals surface area (Å²) >= 11 is 0. The standard InChI is InChI=1S/C12H11NO2/c14-11-9-7-3-4-8(6-2-1-5(6)7)10(9)12(15)13-11/h1-10H,(H,13,14,15). The predicted molar refractivity (Wildman–Crippen MR) is 52.4 cm³/mol. The fourth-order valence-electron chi connectivity index (χ4n) is 3.81. The van der Waals surface area contributed by atoms with Gasteiger partial charge in [-0.25, -0.2) is 0 Å². The van der Waals surface area contributed by atoms with Gasteiger partial charge in [0, 0.05) is 0 Å². The van der Waals surface area contributed by atoms with E-state index >= 15 is 0 Å². The summed E-state index contributed by atoms with van der Waals surface area (Å²) in [7, 11) is 0. The molecule has 2 amide bonds. The molecule has 0 radical (unpaired) electrons. The van der Waals surface area contributed by atoms with Crippen LogP contribution in [0.15, 0.2) is 24.3 Å². The number of carbonyl (C=O) groups is 2. The van der Waals surface area contributed by atoms with E-state index in [4.69, 9.17) is 0 Å². The Labute approximate surface area is 87.2 Å². The first kappa shape index (κ1) is 7.85. The molecule has 0 aromatic carbocycles. The van der Waals surface area contributed by atoms with Gasteiger partial charge in [-0.05, 0) is 23.7 Å². The molecule has 1 saturated carbocycles. The number of amides is 2. The van der Waals surface area contributed by atoms with Crippen LogP contribution in [0, 0.1) is 35.5 Å². The molecular weight excluding hydrogens is 190 g/mol. The van der Waals surface area contributed by atoms with E-state index in [0.29, 0.717) is 11.8 Å². The zero-order valence-electron chi connectivity index (χ0n) is 8.09. The minimum Gasteiger partial charge on any atom is -0.296 e. The molecule has 5 aliphatic rings. The molecule has 1 heterocycles. The first-order valence-corrected chi connectivity index (χ1v) is 5.49. The van der Waals surface area contributed by atoms with Gasteiger partial charge in [0.1, 0.15) is 0 Å². The molecule has 0 aromatic rings. The Hall–Kier alpha value is -1.38. The van der Waals surface area contributed by atoms with Gasteiger partial charge in [0.05, 0.1) is 11.8 Å². The number of imide groups is 1. The Balaban J connectivity index is 1.88. The average Bonchev–Trinajstić information content (AvgIpc) is 2.44. The Morgan fingerprint density at radius 2 is 1.13 bits per heavy atom. The molecule has 0 aromatic heterocycles. The van der Waals surface area contributed by atoms with Crippen LogP contribution < -0.4 is 5.32 Å². The quantitative estimate of drug-likeness (QED) is 0.458. The highest BCUT2D eigenvalue weighted by Gasteiger charge is 2.60. The maximum Gasteiger partial charge on any atom is 0.231 e. The summed E-state index contributed by atoms with van der Waals surface area (Å²) in [6.07, 6.45) is 8.68. The van der Waals surface area contributed by atoms with Crippen LogP contribution in [0.3, 0.4) is 0 Å². The number of hydrogen-bond donors (Lipinski definition) is 1. The highest BCUT2D eigenvalue weighted by Crippen LogP contribution is 2.57. The molecule has 76 valence electrons. The van der Waals surface area contributed by atoms with Gasteiger partial charge in [0.2, 0.25) is 11.8 Å². The van der Waals surface area contributed by atoms with Crippen molar-refractivity contribution in [1.82, 2.24) is 5.32 Å². The summed E-state index contributed by atoms with van der Waals surface area (Å²) in [5.74, 6) is 1.28. The van der Waals surface area contributed by atoms with Gasteiger partial charge >= 0.3 is 0 Å². The lowest BCUT2D eigenvalue weighted by Crippen LogP contribution is -2.50. The van der Waals surface area contributed by atoms with E-state index in [1.54, 1.807) is 0 Å². The van der Waals surface area contributed by atoms with E-state index in [2.05, 4.69) is 29.6 Å². The van der Waals surface area contributed by atoms with Crippen LogP contribution in [0.1, 0.15) is 0 Å². The number of hydrogen-bond acceptors (Lipinski definition) is 2. The number of allylic oxidation sites excluding steroid dienone is 4. The fourth-order valence-corrected chi connectivity index (χ4v) is 3.81. The Bertz CT molecular complexity index is 399. The van der Waals surface area contributed by atoms with Gasteiger partial charge in [0.25, 0.3) is 0 Å². The molecule has 2 fully saturated rings. The van der Waals surface area contributed by atoms with Crippen molar-refractivity contribution in [3.05, 3.63) is 24.3 Å². The van der Waals surface area contributed by atoms with Crippen LogP contribution in [0.5, 0.6) is 0 Å². The second-order valence-electron chi connectivity index (χ2n) is 4.98. The van der Waals surface area contributed by atoms with Crippen molar-refractivity contribution < 1.29 is 9.59 Å². The highest BCUT2D eigenvalue weighted by molar-refractivity contribution is 6.06. The number of rotatable bonds is 0. The molecule has 3 nitrogen and oxygen atoms in total. The Morgan fingerprint density at radius 1 is 0.733 bits per heavy atom. The second kappa shape index (κ2) is 2.23. The predicted octanol–water partition coefficient (Wildman–Crippen LogP) is 0.493. The lowest BCUT2D eigenvalue weighted by molar-refractivity contribution is -0.127. The third-order valence-electron chi connectivity index (χ3n) is 4.51. The summed E-state index contributed by atoms with van der Waals surface area (Å²) in [5.41, 5.74) is 0. The van der Waals surface area contributed by atoms with Gasteiger partial charge in [0.15, 0.2) is 0 Å². The van der Waals surface area contributed by atoms with E-state index in [1.807, 2.05) is 0 Å². The molecule has 6 atom stereocenters. The molecule has 1 aliphatic heterocycles. The van der Waals surface area contributed by atoms with Crippen molar-refractivity contribution in [2.75, 3.05) is 0 Å². The molecule has 1 saturated heterocycles. The normalized spacial score (nSPS) is 53.6. The van der Waals surface area contributed by atoms with Crippen molar-refractivity contribution in [1.29, 1.82) is 0 Å². The van der Waals surface area contributed by atoms with Crippen molar-refractivity contribution in [2.24, 2.45) is 35.5 Å². The molecule has 15 heavy (non-hydrogen) atoms. The topological polar surface area (TPSA) is 46.2 Å². The minimum atomic E-state index is -0.0845. The first-order chi connectivity index (χ1) is 7.27. The lowest BCUT2D eigenvalue weighted by atomic mass is 9.50. The van der Waals surface area contributed by atoms with Crippen LogP contribution in [0.25, 0.3) is 0 Å². The summed E-state index contributed by atoms with van der Waals surface area (Å²) in [4.78, 5) is 23.4. The van der Waals surface area contributed by atoms with Gasteiger partial charge < -0.3 is 0 Å². The van der Waals surface area contributed by atoms with Gasteiger partial charge in [-0.15, -0.1) is 0 Å². The van der Waals surface area contributed by atoms with Crippen molar-refractivity contribution >= 4 is 11.8 Å². The van der Waals surface area contributed by atoms with Crippen molar-refractivity contribution in [2.45, 2.75) is 0 Å². The maximum atomic E-state index is 11.7. The summed E-state index contributed by atoms with van der Waals surface area (Å²) in [6.45, 7) is 0. The van der Waals surface area contributed by atoms with E-state index in [0.717, 1.165) is 0 Å². The first-order valence-electron chi connectivity index (χ1n) is 5.49. The highest BCUT2D eigenvalue weighted by atomic mass is 16.2. The smallest absolute Gasteiger partial charge is 0.231 e. The third kappa shape index (κ3) is 0.715. The van der Waals surface area contributed by atoms with E-state index in [1.165, 1.54) is 0 Å². The minimum absolute atomic E-state index is 0.0527. The van der Waals surface area contributed by atoms with Crippen LogP contribution in [-0.2, 0) is 9.59 Å². The number of carbonyl (C=O) groups excluding carboxylic acids is 2. The van der Waals surface area contributed by atoms with Crippen LogP contribution in [-0.4, -0.2) is 11.8 Å². The zero-order valence-corrected chi connectivity index (χ0v) is 8.09. The lowest BCUT2D eigenvalue weighted by Gasteiger charge is -2.51. The largest absolute Gasteiger partial charge is 0.296 e. The molecule has 5 rings (SSSR count). The number of nitrogens with one attached hydrogen (secondary N) is 1. The molecule has 3 heteroatoms. The SMILES string of the molecule is O=C1NC(=O)C2C3C=CC(C4C=CC43)C12.